The summed E-state index contributed by atoms with van der Waals surface area (Å²) in [6.45, 7) is 0.809. The Hall–Kier alpha value is -2.74. The van der Waals surface area contributed by atoms with Crippen molar-refractivity contribution in [2.45, 2.75) is 25.2 Å². The second-order valence-electron chi connectivity index (χ2n) is 5.97. The van der Waals surface area contributed by atoms with Crippen LogP contribution in [-0.2, 0) is 26.5 Å². The molecule has 3 N–H and O–H groups in total. The van der Waals surface area contributed by atoms with Gasteiger partial charge in [-0.25, -0.2) is 0 Å². The lowest BCUT2D eigenvalue weighted by molar-refractivity contribution is -0.142. The number of fused-ring (bicyclic) bond motifs is 1. The van der Waals surface area contributed by atoms with Gasteiger partial charge in [-0.15, -0.1) is 0 Å². The van der Waals surface area contributed by atoms with Crippen LogP contribution in [0.4, 0.5) is 5.69 Å². The Balaban J connectivity index is 2.37. The summed E-state index contributed by atoms with van der Waals surface area (Å²) in [5, 5.41) is 24.0. The molecule has 2 aromatic rings. The lowest BCUT2D eigenvalue weighted by Gasteiger charge is -2.41. The van der Waals surface area contributed by atoms with Crippen molar-refractivity contribution in [2.24, 2.45) is 0 Å². The molecule has 26 heavy (non-hydrogen) atoms. The summed E-state index contributed by atoms with van der Waals surface area (Å²) in [6.07, 6.45) is -1.28. The molecule has 2 atom stereocenters. The molecule has 0 radical (unpaired) electrons. The summed E-state index contributed by atoms with van der Waals surface area (Å²) in [5.41, 5.74) is -0.769. The van der Waals surface area contributed by atoms with Crippen molar-refractivity contribution < 1.29 is 29.3 Å². The van der Waals surface area contributed by atoms with Crippen LogP contribution in [0.25, 0.3) is 0 Å². The number of ether oxygens (including phenoxy) is 2. The molecule has 0 spiro atoms. The van der Waals surface area contributed by atoms with Gasteiger partial charge < -0.3 is 25.0 Å². The van der Waals surface area contributed by atoms with E-state index in [1.807, 2.05) is 0 Å². The second-order valence-corrected chi connectivity index (χ2v) is 5.97. The fraction of sp³-hybridized carbons (Fsp3) is 0.263. The van der Waals surface area contributed by atoms with Gasteiger partial charge in [0.15, 0.2) is 11.7 Å². The largest absolute Gasteiger partial charge is 0.426 e. The number of hydrogen-bond acceptors (Lipinski definition) is 6. The number of aliphatic hydroxyl groups is 2. The smallest absolute Gasteiger partial charge is 0.308 e. The van der Waals surface area contributed by atoms with Crippen LogP contribution in [-0.4, -0.2) is 35.3 Å². The molecule has 0 saturated heterocycles. The molecule has 136 valence electrons. The number of benzene rings is 2. The maximum absolute atomic E-state index is 12.5. The number of carbonyl (C=O) groups excluding carboxylic acids is 2. The third-order valence-electron chi connectivity index (χ3n) is 4.36. The highest BCUT2D eigenvalue weighted by molar-refractivity contribution is 6.00. The highest BCUT2D eigenvalue weighted by Crippen LogP contribution is 2.48. The van der Waals surface area contributed by atoms with E-state index in [2.05, 4.69) is 5.32 Å². The fourth-order valence-electron chi connectivity index (χ4n) is 3.28. The minimum atomic E-state index is -1.91. The first-order valence-electron chi connectivity index (χ1n) is 8.00. The van der Waals surface area contributed by atoms with Crippen molar-refractivity contribution >= 4 is 17.6 Å². The number of methoxy groups -OCH3 is 1. The molecule has 1 heterocycles. The number of aliphatic hydroxyl groups excluding tert-OH is 1. The van der Waals surface area contributed by atoms with Crippen molar-refractivity contribution in [1.29, 1.82) is 0 Å². The summed E-state index contributed by atoms with van der Waals surface area (Å²) >= 11 is 0. The van der Waals surface area contributed by atoms with Crippen molar-refractivity contribution in [1.82, 2.24) is 0 Å². The first-order valence-corrected chi connectivity index (χ1v) is 8.00. The minimum Gasteiger partial charge on any atom is -0.426 e. The molecule has 2 aromatic carbocycles. The van der Waals surface area contributed by atoms with Crippen LogP contribution in [0, 0.1) is 0 Å². The van der Waals surface area contributed by atoms with Gasteiger partial charge in [-0.3, -0.25) is 9.59 Å². The second kappa shape index (κ2) is 6.87. The zero-order chi connectivity index (χ0) is 18.9. The molecule has 1 amide bonds. The van der Waals surface area contributed by atoms with E-state index in [0.717, 1.165) is 0 Å². The first kappa shape index (κ1) is 18.1. The molecular formula is C19H19NO6. The van der Waals surface area contributed by atoms with E-state index in [-0.39, 0.29) is 17.0 Å². The number of hydrogen-bond donors (Lipinski definition) is 3. The van der Waals surface area contributed by atoms with Gasteiger partial charge in [0.2, 0.25) is 0 Å². The number of esters is 1. The Bertz CT molecular complexity index is 851. The lowest BCUT2D eigenvalue weighted by atomic mass is 9.77. The zero-order valence-corrected chi connectivity index (χ0v) is 14.4. The lowest BCUT2D eigenvalue weighted by Crippen LogP contribution is -2.53. The summed E-state index contributed by atoms with van der Waals surface area (Å²) in [6, 6.07) is 11.6. The highest BCUT2D eigenvalue weighted by atomic mass is 16.5. The van der Waals surface area contributed by atoms with Gasteiger partial charge in [0.05, 0.1) is 17.9 Å². The Morgan fingerprint density at radius 3 is 2.50 bits per heavy atom. The van der Waals surface area contributed by atoms with Gasteiger partial charge in [0.25, 0.3) is 5.91 Å². The quantitative estimate of drug-likeness (QED) is 0.563. The first-order chi connectivity index (χ1) is 12.4. The van der Waals surface area contributed by atoms with Crippen LogP contribution < -0.4 is 10.1 Å². The molecule has 3 rings (SSSR count). The third-order valence-corrected chi connectivity index (χ3v) is 4.36. The van der Waals surface area contributed by atoms with E-state index in [4.69, 9.17) is 9.47 Å². The summed E-state index contributed by atoms with van der Waals surface area (Å²) in [4.78, 5) is 24.1. The number of carbonyl (C=O) groups is 2. The molecule has 0 fully saturated rings. The number of rotatable bonds is 4. The van der Waals surface area contributed by atoms with Crippen LogP contribution in [0.15, 0.2) is 42.5 Å². The number of nitrogens with one attached hydrogen (secondary N) is 1. The molecule has 7 heteroatoms. The maximum atomic E-state index is 12.5. The zero-order valence-electron chi connectivity index (χ0n) is 14.4. The van der Waals surface area contributed by atoms with E-state index in [1.54, 1.807) is 36.4 Å². The summed E-state index contributed by atoms with van der Waals surface area (Å²) in [7, 11) is 1.31. The molecule has 0 bridgehead atoms. The third kappa shape index (κ3) is 2.76. The Morgan fingerprint density at radius 1 is 1.23 bits per heavy atom. The maximum Gasteiger partial charge on any atom is 0.308 e. The average molecular weight is 357 g/mol. The van der Waals surface area contributed by atoms with Gasteiger partial charge in [0, 0.05) is 19.6 Å². The van der Waals surface area contributed by atoms with Crippen LogP contribution in [0.2, 0.25) is 0 Å². The molecular weight excluding hydrogens is 338 g/mol. The van der Waals surface area contributed by atoms with E-state index < -0.39 is 30.2 Å². The van der Waals surface area contributed by atoms with Gasteiger partial charge in [-0.05, 0) is 11.6 Å². The van der Waals surface area contributed by atoms with Crippen molar-refractivity contribution in [3.05, 3.63) is 59.2 Å². The molecule has 0 aliphatic carbocycles. The molecule has 0 aromatic heterocycles. The standard InChI is InChI=1S/C19H19NO6/c1-11(22)26-16-12(10-21)8-9-14-15(16)19(24,13-6-4-3-5-7-13)17(25-2)18(23)20-14/h3-9,17,21,24H,10H2,1-2H3,(H,20,23)/t17-,19+/m1/s1. The molecule has 1 aliphatic heterocycles. The minimum absolute atomic E-state index is 0.00547. The Morgan fingerprint density at radius 2 is 1.92 bits per heavy atom. The number of amides is 1. The van der Waals surface area contributed by atoms with Crippen LogP contribution in [0.5, 0.6) is 5.75 Å². The topological polar surface area (TPSA) is 105 Å². The summed E-state index contributed by atoms with van der Waals surface area (Å²) < 4.78 is 10.6. The SMILES string of the molecule is CO[C@@H]1C(=O)Nc2ccc(CO)c(OC(C)=O)c2[C@@]1(O)c1ccccc1. The van der Waals surface area contributed by atoms with Gasteiger partial charge in [-0.1, -0.05) is 36.4 Å². The Kier molecular flexibility index (Phi) is 4.78. The van der Waals surface area contributed by atoms with Crippen molar-refractivity contribution in [2.75, 3.05) is 12.4 Å². The average Bonchev–Trinajstić information content (AvgIpc) is 2.62. The van der Waals surface area contributed by atoms with E-state index in [9.17, 15) is 19.8 Å². The van der Waals surface area contributed by atoms with E-state index in [0.29, 0.717) is 11.1 Å². The normalized spacial score (nSPS) is 21.7. The molecule has 1 aliphatic rings. The summed E-state index contributed by atoms with van der Waals surface area (Å²) in [5.74, 6) is -1.14. The number of anilines is 1. The van der Waals surface area contributed by atoms with Crippen LogP contribution in [0.3, 0.4) is 0 Å². The fourth-order valence-corrected chi connectivity index (χ4v) is 3.28. The van der Waals surface area contributed by atoms with Crippen molar-refractivity contribution in [3.8, 4) is 5.75 Å². The van der Waals surface area contributed by atoms with Gasteiger partial charge in [-0.2, -0.15) is 0 Å². The van der Waals surface area contributed by atoms with Crippen molar-refractivity contribution in [3.63, 3.8) is 0 Å². The predicted octanol–water partition coefficient (Wildman–Crippen LogP) is 1.31. The molecule has 0 saturated carbocycles. The monoisotopic (exact) mass is 357 g/mol. The molecule has 0 unspecified atom stereocenters. The van der Waals surface area contributed by atoms with E-state index >= 15 is 0 Å². The van der Waals surface area contributed by atoms with E-state index in [1.165, 1.54) is 20.1 Å². The highest BCUT2D eigenvalue weighted by Gasteiger charge is 2.52. The predicted molar refractivity (Wildman–Crippen MR) is 92.5 cm³/mol. The van der Waals surface area contributed by atoms with Gasteiger partial charge >= 0.3 is 5.97 Å². The van der Waals surface area contributed by atoms with Gasteiger partial charge in [0.1, 0.15) is 5.75 Å². The van der Waals surface area contributed by atoms with Crippen LogP contribution >= 0.6 is 0 Å². The van der Waals surface area contributed by atoms with Crippen LogP contribution in [0.1, 0.15) is 23.6 Å². The molecule has 7 nitrogen and oxygen atoms in total. The Labute approximate surface area is 150 Å².